The maximum atomic E-state index is 5.92. The Balaban J connectivity index is 1.63. The van der Waals surface area contributed by atoms with Gasteiger partial charge in [0.15, 0.2) is 0 Å². The fraction of sp³-hybridized carbons (Fsp3) is 0.571. The largest absolute Gasteiger partial charge is 0.491 e. The predicted octanol–water partition coefficient (Wildman–Crippen LogP) is 2.24. The van der Waals surface area contributed by atoms with Crippen LogP contribution in [-0.2, 0) is 17.8 Å². The van der Waals surface area contributed by atoms with Crippen LogP contribution in [0.5, 0.6) is 5.75 Å². The van der Waals surface area contributed by atoms with Gasteiger partial charge in [-0.1, -0.05) is 12.1 Å². The van der Waals surface area contributed by atoms with Crippen LogP contribution in [0.15, 0.2) is 18.2 Å². The fourth-order valence-electron chi connectivity index (χ4n) is 2.56. The first-order valence-corrected chi connectivity index (χ1v) is 6.49. The van der Waals surface area contributed by atoms with Crippen LogP contribution in [-0.4, -0.2) is 19.3 Å². The third kappa shape index (κ3) is 2.45. The quantitative estimate of drug-likeness (QED) is 0.868. The first kappa shape index (κ1) is 11.1. The molecule has 1 atom stereocenters. The van der Waals surface area contributed by atoms with Crippen molar-refractivity contribution in [3.05, 3.63) is 29.3 Å². The molecule has 0 aliphatic carbocycles. The lowest BCUT2D eigenvalue weighted by Gasteiger charge is -2.23. The van der Waals surface area contributed by atoms with Crippen molar-refractivity contribution in [1.82, 2.24) is 5.32 Å². The van der Waals surface area contributed by atoms with E-state index in [2.05, 4.69) is 23.5 Å². The molecule has 0 aromatic heterocycles. The van der Waals surface area contributed by atoms with E-state index in [0.717, 1.165) is 31.9 Å². The van der Waals surface area contributed by atoms with Gasteiger partial charge in [-0.3, -0.25) is 0 Å². The number of hydrogen-bond acceptors (Lipinski definition) is 3. The van der Waals surface area contributed by atoms with Gasteiger partial charge in [-0.15, -0.1) is 0 Å². The fourth-order valence-corrected chi connectivity index (χ4v) is 2.56. The van der Waals surface area contributed by atoms with Crippen LogP contribution >= 0.6 is 0 Å². The van der Waals surface area contributed by atoms with E-state index in [1.54, 1.807) is 0 Å². The number of ether oxygens (including phenoxy) is 2. The third-order valence-corrected chi connectivity index (χ3v) is 3.55. The topological polar surface area (TPSA) is 30.5 Å². The molecule has 0 bridgehead atoms. The van der Waals surface area contributed by atoms with Gasteiger partial charge >= 0.3 is 0 Å². The number of rotatable bonds is 3. The summed E-state index contributed by atoms with van der Waals surface area (Å²) in [7, 11) is 0. The molecule has 3 heteroatoms. The van der Waals surface area contributed by atoms with Gasteiger partial charge < -0.3 is 14.8 Å². The van der Waals surface area contributed by atoms with E-state index in [1.807, 2.05) is 0 Å². The van der Waals surface area contributed by atoms with Gasteiger partial charge in [-0.05, 0) is 30.9 Å². The third-order valence-electron chi connectivity index (χ3n) is 3.55. The average molecular weight is 233 g/mol. The number of benzene rings is 1. The Bertz CT molecular complexity index is 386. The van der Waals surface area contributed by atoms with Crippen LogP contribution in [0, 0.1) is 0 Å². The summed E-state index contributed by atoms with van der Waals surface area (Å²) in [5, 5.41) is 3.35. The van der Waals surface area contributed by atoms with Crippen molar-refractivity contribution in [2.75, 3.05) is 13.2 Å². The highest BCUT2D eigenvalue weighted by atomic mass is 16.5. The molecule has 2 aliphatic heterocycles. The Kier molecular flexibility index (Phi) is 3.29. The van der Waals surface area contributed by atoms with E-state index in [0.29, 0.717) is 6.61 Å². The van der Waals surface area contributed by atoms with Crippen molar-refractivity contribution >= 4 is 0 Å². The molecule has 1 unspecified atom stereocenters. The van der Waals surface area contributed by atoms with E-state index in [9.17, 15) is 0 Å². The smallest absolute Gasteiger partial charge is 0.124 e. The molecule has 17 heavy (non-hydrogen) atoms. The molecule has 1 N–H and O–H groups in total. The predicted molar refractivity (Wildman–Crippen MR) is 66.1 cm³/mol. The van der Waals surface area contributed by atoms with Gasteiger partial charge in [0, 0.05) is 25.3 Å². The average Bonchev–Trinajstić information content (AvgIpc) is 2.86. The zero-order valence-corrected chi connectivity index (χ0v) is 10.1. The lowest BCUT2D eigenvalue weighted by atomic mass is 10.1. The number of hydrogen-bond donors (Lipinski definition) is 1. The Morgan fingerprint density at radius 2 is 2.29 bits per heavy atom. The summed E-state index contributed by atoms with van der Waals surface area (Å²) < 4.78 is 11.6. The molecular weight excluding hydrogens is 214 g/mol. The minimum atomic E-state index is 0.286. The molecule has 1 saturated heterocycles. The minimum Gasteiger partial charge on any atom is -0.491 e. The molecule has 0 radical (unpaired) electrons. The standard InChI is InChI=1S/C14H19NO2/c1-2-7-16-12(5-1)10-17-14-6-3-4-11-8-15-9-13(11)14/h3-4,6,12,15H,1-2,5,7-10H2. The van der Waals surface area contributed by atoms with Crippen molar-refractivity contribution in [3.63, 3.8) is 0 Å². The molecule has 2 aliphatic rings. The van der Waals surface area contributed by atoms with Crippen molar-refractivity contribution in [2.45, 2.75) is 38.5 Å². The second-order valence-corrected chi connectivity index (χ2v) is 4.80. The van der Waals surface area contributed by atoms with E-state index >= 15 is 0 Å². The molecule has 1 aromatic rings. The van der Waals surface area contributed by atoms with Crippen LogP contribution < -0.4 is 10.1 Å². The lowest BCUT2D eigenvalue weighted by molar-refractivity contribution is -0.0112. The van der Waals surface area contributed by atoms with E-state index in [4.69, 9.17) is 9.47 Å². The molecule has 2 heterocycles. The summed E-state index contributed by atoms with van der Waals surface area (Å²) in [5.74, 6) is 1.03. The van der Waals surface area contributed by atoms with Gasteiger partial charge in [0.25, 0.3) is 0 Å². The van der Waals surface area contributed by atoms with Crippen molar-refractivity contribution < 1.29 is 9.47 Å². The molecule has 1 fully saturated rings. The van der Waals surface area contributed by atoms with Crippen molar-refractivity contribution in [1.29, 1.82) is 0 Å². The Hall–Kier alpha value is -1.06. The highest BCUT2D eigenvalue weighted by Gasteiger charge is 2.18. The molecule has 3 nitrogen and oxygen atoms in total. The summed E-state index contributed by atoms with van der Waals surface area (Å²) in [5.41, 5.74) is 2.69. The first-order chi connectivity index (χ1) is 8.43. The second-order valence-electron chi connectivity index (χ2n) is 4.80. The van der Waals surface area contributed by atoms with Gasteiger partial charge in [0.05, 0.1) is 6.10 Å². The summed E-state index contributed by atoms with van der Waals surface area (Å²) in [4.78, 5) is 0. The Morgan fingerprint density at radius 1 is 1.29 bits per heavy atom. The number of nitrogens with one attached hydrogen (secondary N) is 1. The molecule has 0 saturated carbocycles. The molecule has 1 aromatic carbocycles. The van der Waals surface area contributed by atoms with E-state index in [-0.39, 0.29) is 6.10 Å². The van der Waals surface area contributed by atoms with E-state index < -0.39 is 0 Å². The Morgan fingerprint density at radius 3 is 3.18 bits per heavy atom. The summed E-state index contributed by atoms with van der Waals surface area (Å²) >= 11 is 0. The van der Waals surface area contributed by atoms with Gasteiger partial charge in [0.1, 0.15) is 12.4 Å². The Labute approximate surface area is 102 Å². The van der Waals surface area contributed by atoms with Gasteiger partial charge in [-0.2, -0.15) is 0 Å². The molecular formula is C14H19NO2. The minimum absolute atomic E-state index is 0.286. The normalized spacial score (nSPS) is 23.4. The lowest BCUT2D eigenvalue weighted by Crippen LogP contribution is -2.26. The van der Waals surface area contributed by atoms with Crippen LogP contribution in [0.4, 0.5) is 0 Å². The SMILES string of the molecule is c1cc2c(c(OCC3CCCCO3)c1)CNC2. The van der Waals surface area contributed by atoms with Crippen LogP contribution in [0.3, 0.4) is 0 Å². The molecule has 3 rings (SSSR count). The molecule has 0 amide bonds. The summed E-state index contributed by atoms with van der Waals surface area (Å²) in [6, 6.07) is 6.30. The maximum Gasteiger partial charge on any atom is 0.124 e. The van der Waals surface area contributed by atoms with Gasteiger partial charge in [0.2, 0.25) is 0 Å². The highest BCUT2D eigenvalue weighted by Crippen LogP contribution is 2.26. The zero-order chi connectivity index (χ0) is 11.5. The van der Waals surface area contributed by atoms with Crippen LogP contribution in [0.2, 0.25) is 0 Å². The van der Waals surface area contributed by atoms with Crippen LogP contribution in [0.25, 0.3) is 0 Å². The molecule has 0 spiro atoms. The monoisotopic (exact) mass is 233 g/mol. The summed E-state index contributed by atoms with van der Waals surface area (Å²) in [6.45, 7) is 3.47. The summed E-state index contributed by atoms with van der Waals surface area (Å²) in [6.07, 6.45) is 3.88. The highest BCUT2D eigenvalue weighted by molar-refractivity contribution is 5.42. The van der Waals surface area contributed by atoms with E-state index in [1.165, 1.54) is 24.0 Å². The molecule has 92 valence electrons. The van der Waals surface area contributed by atoms with Gasteiger partial charge in [-0.25, -0.2) is 0 Å². The van der Waals surface area contributed by atoms with Crippen molar-refractivity contribution in [3.8, 4) is 5.75 Å². The zero-order valence-electron chi connectivity index (χ0n) is 10.1. The second kappa shape index (κ2) is 5.07. The number of fused-ring (bicyclic) bond motifs is 1. The maximum absolute atomic E-state index is 5.92. The van der Waals surface area contributed by atoms with Crippen LogP contribution in [0.1, 0.15) is 30.4 Å². The first-order valence-electron chi connectivity index (χ1n) is 6.49. The van der Waals surface area contributed by atoms with Crippen molar-refractivity contribution in [2.24, 2.45) is 0 Å².